The highest BCUT2D eigenvalue weighted by Crippen LogP contribution is 2.35. The number of benzene rings is 3. The van der Waals surface area contributed by atoms with Crippen LogP contribution in [0.25, 0.3) is 11.1 Å². The molecule has 0 bridgehead atoms. The molecule has 0 fully saturated rings. The van der Waals surface area contributed by atoms with Gasteiger partial charge in [0.15, 0.2) is 0 Å². The van der Waals surface area contributed by atoms with E-state index in [-0.39, 0.29) is 10.6 Å². The molecule has 0 spiro atoms. The Bertz CT molecular complexity index is 922. The van der Waals surface area contributed by atoms with Crippen molar-refractivity contribution in [2.45, 2.75) is 4.90 Å². The largest absolute Gasteiger partial charge is 0.455 e. The Hall–Kier alpha value is -2.63. The molecule has 5 heteroatoms. The van der Waals surface area contributed by atoms with Crippen LogP contribution in [0.3, 0.4) is 0 Å². The second-order valence-corrected chi connectivity index (χ2v) is 6.49. The topological polar surface area (TPSA) is 69.4 Å². The Kier molecular flexibility index (Phi) is 4.14. The minimum atomic E-state index is -3.86. The van der Waals surface area contributed by atoms with Crippen molar-refractivity contribution in [3.05, 3.63) is 78.9 Å². The first-order chi connectivity index (χ1) is 11.1. The molecule has 0 aromatic heterocycles. The van der Waals surface area contributed by atoms with Gasteiger partial charge >= 0.3 is 0 Å². The second kappa shape index (κ2) is 6.24. The van der Waals surface area contributed by atoms with E-state index in [4.69, 9.17) is 9.88 Å². The minimum absolute atomic E-state index is 0.0390. The number of primary sulfonamides is 1. The summed E-state index contributed by atoms with van der Waals surface area (Å²) in [4.78, 5) is -0.0390. The van der Waals surface area contributed by atoms with Crippen LogP contribution in [-0.2, 0) is 10.0 Å². The maximum atomic E-state index is 11.7. The maximum absolute atomic E-state index is 11.7. The minimum Gasteiger partial charge on any atom is -0.455 e. The van der Waals surface area contributed by atoms with Gasteiger partial charge in [0.05, 0.1) is 0 Å². The van der Waals surface area contributed by atoms with Crippen molar-refractivity contribution in [1.82, 2.24) is 0 Å². The molecule has 3 aromatic rings. The van der Waals surface area contributed by atoms with Gasteiger partial charge in [-0.05, 0) is 23.8 Å². The first-order valence-corrected chi connectivity index (χ1v) is 8.54. The summed E-state index contributed by atoms with van der Waals surface area (Å²) in [7, 11) is -3.86. The third kappa shape index (κ3) is 3.41. The predicted molar refractivity (Wildman–Crippen MR) is 89.8 cm³/mol. The van der Waals surface area contributed by atoms with Crippen LogP contribution >= 0.6 is 0 Å². The van der Waals surface area contributed by atoms with E-state index in [0.717, 1.165) is 11.1 Å². The summed E-state index contributed by atoms with van der Waals surface area (Å²) in [5, 5.41) is 5.25. The van der Waals surface area contributed by atoms with E-state index in [1.807, 2.05) is 48.5 Å². The average molecular weight is 325 g/mol. The SMILES string of the molecule is NS(=O)(=O)c1ccccc1Oc1ccccc1-c1ccccc1. The number of hydrogen-bond donors (Lipinski definition) is 1. The Labute approximate surface area is 135 Å². The molecule has 0 aliphatic carbocycles. The highest BCUT2D eigenvalue weighted by Gasteiger charge is 2.16. The zero-order valence-electron chi connectivity index (χ0n) is 12.2. The summed E-state index contributed by atoms with van der Waals surface area (Å²) >= 11 is 0. The fourth-order valence-electron chi connectivity index (χ4n) is 2.30. The van der Waals surface area contributed by atoms with Gasteiger partial charge in [0, 0.05) is 5.56 Å². The van der Waals surface area contributed by atoms with Crippen LogP contribution in [-0.4, -0.2) is 8.42 Å². The molecule has 0 heterocycles. The molecule has 116 valence electrons. The van der Waals surface area contributed by atoms with Crippen molar-refractivity contribution in [1.29, 1.82) is 0 Å². The molecule has 2 N–H and O–H groups in total. The van der Waals surface area contributed by atoms with E-state index in [1.165, 1.54) is 6.07 Å². The van der Waals surface area contributed by atoms with Crippen LogP contribution in [0.4, 0.5) is 0 Å². The number of para-hydroxylation sites is 2. The quantitative estimate of drug-likeness (QED) is 0.793. The van der Waals surface area contributed by atoms with Crippen molar-refractivity contribution in [2.24, 2.45) is 5.14 Å². The number of hydrogen-bond acceptors (Lipinski definition) is 3. The number of sulfonamides is 1. The molecule has 0 saturated heterocycles. The van der Waals surface area contributed by atoms with Crippen molar-refractivity contribution in [3.8, 4) is 22.6 Å². The fourth-order valence-corrected chi connectivity index (χ4v) is 2.96. The van der Waals surface area contributed by atoms with Crippen molar-refractivity contribution >= 4 is 10.0 Å². The summed E-state index contributed by atoms with van der Waals surface area (Å²) in [6.07, 6.45) is 0. The molecule has 0 amide bonds. The molecule has 23 heavy (non-hydrogen) atoms. The zero-order valence-corrected chi connectivity index (χ0v) is 13.0. The normalized spacial score (nSPS) is 11.2. The number of rotatable bonds is 4. The van der Waals surface area contributed by atoms with Crippen molar-refractivity contribution in [2.75, 3.05) is 0 Å². The van der Waals surface area contributed by atoms with E-state index in [9.17, 15) is 8.42 Å². The van der Waals surface area contributed by atoms with Gasteiger partial charge in [-0.1, -0.05) is 60.7 Å². The fraction of sp³-hybridized carbons (Fsp3) is 0. The first kappa shape index (κ1) is 15.3. The first-order valence-electron chi connectivity index (χ1n) is 7.00. The van der Waals surface area contributed by atoms with E-state index >= 15 is 0 Å². The Balaban J connectivity index is 2.07. The Morgan fingerprint density at radius 1 is 0.696 bits per heavy atom. The molecule has 0 radical (unpaired) electrons. The van der Waals surface area contributed by atoms with Gasteiger partial charge in [-0.3, -0.25) is 0 Å². The third-order valence-electron chi connectivity index (χ3n) is 3.35. The lowest BCUT2D eigenvalue weighted by Gasteiger charge is -2.13. The maximum Gasteiger partial charge on any atom is 0.241 e. The molecule has 3 aromatic carbocycles. The van der Waals surface area contributed by atoms with Gasteiger partial charge in [-0.25, -0.2) is 13.6 Å². The summed E-state index contributed by atoms with van der Waals surface area (Å²) < 4.78 is 29.3. The molecule has 0 unspecified atom stereocenters. The van der Waals surface area contributed by atoms with Crippen LogP contribution in [0.5, 0.6) is 11.5 Å². The molecular weight excluding hydrogens is 310 g/mol. The second-order valence-electron chi connectivity index (χ2n) is 4.96. The molecule has 0 aliphatic heterocycles. The Morgan fingerprint density at radius 3 is 1.96 bits per heavy atom. The predicted octanol–water partition coefficient (Wildman–Crippen LogP) is 3.79. The summed E-state index contributed by atoms with van der Waals surface area (Å²) in [6.45, 7) is 0. The highest BCUT2D eigenvalue weighted by molar-refractivity contribution is 7.89. The van der Waals surface area contributed by atoms with E-state index in [1.54, 1.807) is 24.3 Å². The molecule has 0 saturated carbocycles. The van der Waals surface area contributed by atoms with Crippen LogP contribution in [0.1, 0.15) is 0 Å². The third-order valence-corrected chi connectivity index (χ3v) is 4.30. The molecule has 0 atom stereocenters. The van der Waals surface area contributed by atoms with Crippen LogP contribution in [0.2, 0.25) is 0 Å². The monoisotopic (exact) mass is 325 g/mol. The van der Waals surface area contributed by atoms with Crippen LogP contribution in [0, 0.1) is 0 Å². The number of nitrogens with two attached hydrogens (primary N) is 1. The molecule has 3 rings (SSSR count). The standard InChI is InChI=1S/C18H15NO3S/c19-23(20,21)18-13-7-6-12-17(18)22-16-11-5-4-10-15(16)14-8-2-1-3-9-14/h1-13H,(H2,19,20,21). The Morgan fingerprint density at radius 2 is 1.26 bits per heavy atom. The lowest BCUT2D eigenvalue weighted by atomic mass is 10.1. The van der Waals surface area contributed by atoms with Crippen LogP contribution < -0.4 is 9.88 Å². The molecule has 4 nitrogen and oxygen atoms in total. The van der Waals surface area contributed by atoms with Crippen molar-refractivity contribution < 1.29 is 13.2 Å². The lowest BCUT2D eigenvalue weighted by molar-refractivity contribution is 0.469. The highest BCUT2D eigenvalue weighted by atomic mass is 32.2. The van der Waals surface area contributed by atoms with E-state index in [2.05, 4.69) is 0 Å². The lowest BCUT2D eigenvalue weighted by Crippen LogP contribution is -2.13. The van der Waals surface area contributed by atoms with Crippen molar-refractivity contribution in [3.63, 3.8) is 0 Å². The van der Waals surface area contributed by atoms with E-state index in [0.29, 0.717) is 5.75 Å². The number of ether oxygens (including phenoxy) is 1. The zero-order chi connectivity index (χ0) is 16.3. The van der Waals surface area contributed by atoms with Gasteiger partial charge < -0.3 is 4.74 Å². The van der Waals surface area contributed by atoms with Gasteiger partial charge in [-0.2, -0.15) is 0 Å². The summed E-state index contributed by atoms with van der Waals surface area (Å²) in [6, 6.07) is 23.5. The van der Waals surface area contributed by atoms with Gasteiger partial charge in [0.1, 0.15) is 16.4 Å². The molecule has 0 aliphatic rings. The average Bonchev–Trinajstić information content (AvgIpc) is 2.56. The van der Waals surface area contributed by atoms with Gasteiger partial charge in [0.2, 0.25) is 10.0 Å². The molecular formula is C18H15NO3S. The smallest absolute Gasteiger partial charge is 0.241 e. The van der Waals surface area contributed by atoms with Gasteiger partial charge in [-0.15, -0.1) is 0 Å². The van der Waals surface area contributed by atoms with Crippen LogP contribution in [0.15, 0.2) is 83.8 Å². The van der Waals surface area contributed by atoms with E-state index < -0.39 is 10.0 Å². The summed E-state index contributed by atoms with van der Waals surface area (Å²) in [5.41, 5.74) is 1.86. The summed E-state index contributed by atoms with van der Waals surface area (Å²) in [5.74, 6) is 0.771. The van der Waals surface area contributed by atoms with Gasteiger partial charge in [0.25, 0.3) is 0 Å².